The van der Waals surface area contributed by atoms with Crippen LogP contribution in [0, 0.1) is 0 Å². The molecule has 0 amide bonds. The number of hydrogen-bond acceptors (Lipinski definition) is 4. The molecule has 5 heteroatoms. The Bertz CT molecular complexity index is 739. The van der Waals surface area contributed by atoms with Gasteiger partial charge in [0.2, 0.25) is 0 Å². The molecule has 112 valence electrons. The van der Waals surface area contributed by atoms with Gasteiger partial charge in [0.1, 0.15) is 6.33 Å². The third-order valence-electron chi connectivity index (χ3n) is 3.47. The monoisotopic (exact) mass is 293 g/mol. The summed E-state index contributed by atoms with van der Waals surface area (Å²) < 4.78 is 0. The molecule has 5 nitrogen and oxygen atoms in total. The molecule has 0 radical (unpaired) electrons. The Balaban J connectivity index is 1.79. The van der Waals surface area contributed by atoms with Crippen molar-refractivity contribution in [2.75, 3.05) is 5.32 Å². The number of hydrogen-bond donors (Lipinski definition) is 2. The van der Waals surface area contributed by atoms with Gasteiger partial charge in [0.15, 0.2) is 5.82 Å². The van der Waals surface area contributed by atoms with E-state index in [2.05, 4.69) is 70.5 Å². The number of anilines is 2. The summed E-state index contributed by atoms with van der Waals surface area (Å²) in [6, 6.07) is 10.5. The Hall–Kier alpha value is -2.69. The number of aromatic nitrogens is 4. The van der Waals surface area contributed by atoms with Crippen LogP contribution >= 0.6 is 0 Å². The highest BCUT2D eigenvalue weighted by atomic mass is 15.2. The van der Waals surface area contributed by atoms with Crippen LogP contribution in [-0.4, -0.2) is 20.2 Å². The Morgan fingerprint density at radius 3 is 2.32 bits per heavy atom. The maximum Gasteiger partial charge on any atom is 0.152 e. The molecule has 0 unspecified atom stereocenters. The van der Waals surface area contributed by atoms with Crippen LogP contribution in [-0.2, 0) is 5.41 Å². The van der Waals surface area contributed by atoms with Crippen molar-refractivity contribution in [1.29, 1.82) is 0 Å². The maximum atomic E-state index is 4.27. The van der Waals surface area contributed by atoms with Crippen LogP contribution in [0.1, 0.15) is 26.3 Å². The van der Waals surface area contributed by atoms with Gasteiger partial charge in [-0.25, -0.2) is 9.97 Å². The van der Waals surface area contributed by atoms with E-state index in [-0.39, 0.29) is 5.41 Å². The molecule has 0 aliphatic rings. The second-order valence-corrected chi connectivity index (χ2v) is 6.25. The lowest BCUT2D eigenvalue weighted by atomic mass is 9.86. The van der Waals surface area contributed by atoms with E-state index in [1.54, 1.807) is 12.4 Å². The highest BCUT2D eigenvalue weighted by Gasteiger charge is 2.13. The highest BCUT2D eigenvalue weighted by Crippen LogP contribution is 2.26. The fraction of sp³-hybridized carbons (Fsp3) is 0.235. The topological polar surface area (TPSA) is 66.5 Å². The first-order valence-corrected chi connectivity index (χ1v) is 7.21. The van der Waals surface area contributed by atoms with E-state index >= 15 is 0 Å². The van der Waals surface area contributed by atoms with Gasteiger partial charge in [-0.1, -0.05) is 45.0 Å². The predicted octanol–water partition coefficient (Wildman–Crippen LogP) is 3.91. The Kier molecular flexibility index (Phi) is 3.63. The average molecular weight is 293 g/mol. The zero-order valence-electron chi connectivity index (χ0n) is 13.0. The molecule has 3 rings (SSSR count). The standard InChI is InChI=1S/C17H19N5/c1-17(2,3)13-6-4-12(5-7-13)15-8-16(22-21-15)20-14-9-18-11-19-10-14/h4-11H,1-3H3,(H2,20,21,22). The summed E-state index contributed by atoms with van der Waals surface area (Å²) >= 11 is 0. The predicted molar refractivity (Wildman–Crippen MR) is 88.0 cm³/mol. The van der Waals surface area contributed by atoms with Gasteiger partial charge in [-0.3, -0.25) is 5.10 Å². The Morgan fingerprint density at radius 1 is 1.00 bits per heavy atom. The second-order valence-electron chi connectivity index (χ2n) is 6.25. The lowest BCUT2D eigenvalue weighted by Gasteiger charge is -2.18. The van der Waals surface area contributed by atoms with E-state index in [0.29, 0.717) is 0 Å². The van der Waals surface area contributed by atoms with E-state index in [4.69, 9.17) is 0 Å². The van der Waals surface area contributed by atoms with Crippen LogP contribution in [0.2, 0.25) is 0 Å². The first-order valence-electron chi connectivity index (χ1n) is 7.21. The molecule has 3 aromatic rings. The molecule has 2 N–H and O–H groups in total. The number of benzene rings is 1. The van der Waals surface area contributed by atoms with E-state index in [1.807, 2.05) is 6.07 Å². The number of rotatable bonds is 3. The molecule has 0 saturated heterocycles. The summed E-state index contributed by atoms with van der Waals surface area (Å²) in [5, 5.41) is 10.5. The van der Waals surface area contributed by atoms with Crippen molar-refractivity contribution in [2.24, 2.45) is 0 Å². The van der Waals surface area contributed by atoms with Crippen molar-refractivity contribution in [1.82, 2.24) is 20.2 Å². The van der Waals surface area contributed by atoms with Gasteiger partial charge in [0, 0.05) is 6.07 Å². The van der Waals surface area contributed by atoms with Crippen molar-refractivity contribution < 1.29 is 0 Å². The Labute approximate surface area is 129 Å². The molecule has 0 atom stereocenters. The number of nitrogens with zero attached hydrogens (tertiary/aromatic N) is 3. The first kappa shape index (κ1) is 14.3. The number of nitrogens with one attached hydrogen (secondary N) is 2. The molecule has 0 saturated carbocycles. The van der Waals surface area contributed by atoms with Crippen LogP contribution in [0.4, 0.5) is 11.5 Å². The Morgan fingerprint density at radius 2 is 1.68 bits per heavy atom. The third kappa shape index (κ3) is 3.14. The van der Waals surface area contributed by atoms with Gasteiger partial charge in [-0.05, 0) is 16.5 Å². The smallest absolute Gasteiger partial charge is 0.152 e. The molecule has 0 fully saturated rings. The lowest BCUT2D eigenvalue weighted by Crippen LogP contribution is -2.10. The van der Waals surface area contributed by atoms with Gasteiger partial charge >= 0.3 is 0 Å². The molecule has 22 heavy (non-hydrogen) atoms. The fourth-order valence-corrected chi connectivity index (χ4v) is 2.19. The van der Waals surface area contributed by atoms with E-state index in [9.17, 15) is 0 Å². The molecular formula is C17H19N5. The first-order chi connectivity index (χ1) is 10.5. The fourth-order valence-electron chi connectivity index (χ4n) is 2.19. The van der Waals surface area contributed by atoms with Crippen molar-refractivity contribution in [2.45, 2.75) is 26.2 Å². The average Bonchev–Trinajstić information content (AvgIpc) is 2.96. The SMILES string of the molecule is CC(C)(C)c1ccc(-c2cc(Nc3cncnc3)n[nH]2)cc1. The normalized spacial score (nSPS) is 11.4. The summed E-state index contributed by atoms with van der Waals surface area (Å²) in [4.78, 5) is 7.93. The van der Waals surface area contributed by atoms with E-state index in [0.717, 1.165) is 22.8 Å². The van der Waals surface area contributed by atoms with Crippen LogP contribution in [0.5, 0.6) is 0 Å². The van der Waals surface area contributed by atoms with Crippen LogP contribution in [0.3, 0.4) is 0 Å². The van der Waals surface area contributed by atoms with Crippen molar-refractivity contribution in [3.05, 3.63) is 54.6 Å². The summed E-state index contributed by atoms with van der Waals surface area (Å²) in [5.74, 6) is 0.740. The minimum atomic E-state index is 0.159. The second kappa shape index (κ2) is 5.60. The summed E-state index contributed by atoms with van der Waals surface area (Å²) in [5.41, 5.74) is 4.36. The molecule has 1 aromatic carbocycles. The zero-order valence-corrected chi connectivity index (χ0v) is 13.0. The molecule has 2 aromatic heterocycles. The van der Waals surface area contributed by atoms with Crippen molar-refractivity contribution in [3.8, 4) is 11.3 Å². The molecular weight excluding hydrogens is 274 g/mol. The van der Waals surface area contributed by atoms with Crippen molar-refractivity contribution in [3.63, 3.8) is 0 Å². The van der Waals surface area contributed by atoms with Gasteiger partial charge in [-0.2, -0.15) is 5.10 Å². The number of aromatic amines is 1. The van der Waals surface area contributed by atoms with Gasteiger partial charge < -0.3 is 5.32 Å². The third-order valence-corrected chi connectivity index (χ3v) is 3.47. The molecule has 0 aliphatic carbocycles. The van der Waals surface area contributed by atoms with E-state index in [1.165, 1.54) is 11.9 Å². The maximum absolute atomic E-state index is 4.27. The van der Waals surface area contributed by atoms with Gasteiger partial charge in [0.05, 0.1) is 23.8 Å². The number of H-pyrrole nitrogens is 1. The minimum Gasteiger partial charge on any atom is -0.336 e. The van der Waals surface area contributed by atoms with Crippen LogP contribution in [0.25, 0.3) is 11.3 Å². The zero-order chi connectivity index (χ0) is 15.6. The quantitative estimate of drug-likeness (QED) is 0.768. The van der Waals surface area contributed by atoms with Crippen LogP contribution < -0.4 is 5.32 Å². The van der Waals surface area contributed by atoms with Crippen molar-refractivity contribution >= 4 is 11.5 Å². The van der Waals surface area contributed by atoms with Crippen LogP contribution in [0.15, 0.2) is 49.1 Å². The van der Waals surface area contributed by atoms with E-state index < -0.39 is 0 Å². The minimum absolute atomic E-state index is 0.159. The summed E-state index contributed by atoms with van der Waals surface area (Å²) in [7, 11) is 0. The summed E-state index contributed by atoms with van der Waals surface area (Å²) in [6.45, 7) is 6.63. The van der Waals surface area contributed by atoms with Gasteiger partial charge in [0.25, 0.3) is 0 Å². The lowest BCUT2D eigenvalue weighted by molar-refractivity contribution is 0.590. The largest absolute Gasteiger partial charge is 0.336 e. The molecule has 2 heterocycles. The highest BCUT2D eigenvalue weighted by molar-refractivity contribution is 5.65. The molecule has 0 aliphatic heterocycles. The summed E-state index contributed by atoms with van der Waals surface area (Å²) in [6.07, 6.45) is 4.91. The molecule has 0 spiro atoms. The van der Waals surface area contributed by atoms with Gasteiger partial charge in [-0.15, -0.1) is 0 Å². The molecule has 0 bridgehead atoms.